The molecule has 2 saturated heterocycles. The molecule has 104 valence electrons. The maximum Gasteiger partial charge on any atom is 0.181 e. The fraction of sp³-hybridized carbons (Fsp3) is 0.571. The first-order chi connectivity index (χ1) is 9.17. The van der Waals surface area contributed by atoms with Gasteiger partial charge in [-0.2, -0.15) is 0 Å². The predicted octanol–water partition coefficient (Wildman–Crippen LogP) is 2.26. The Labute approximate surface area is 118 Å². The summed E-state index contributed by atoms with van der Waals surface area (Å²) < 4.78 is 11.6. The van der Waals surface area contributed by atoms with Crippen molar-refractivity contribution in [1.82, 2.24) is 4.90 Å². The molecule has 0 atom stereocenters. The van der Waals surface area contributed by atoms with Crippen molar-refractivity contribution in [3.05, 3.63) is 28.8 Å². The number of hydrogen-bond donors (Lipinski definition) is 1. The first-order valence-corrected chi connectivity index (χ1v) is 7.09. The second kappa shape index (κ2) is 5.29. The van der Waals surface area contributed by atoms with E-state index in [-0.39, 0.29) is 5.79 Å². The van der Waals surface area contributed by atoms with Gasteiger partial charge in [0.25, 0.3) is 0 Å². The molecule has 0 aromatic heterocycles. The summed E-state index contributed by atoms with van der Waals surface area (Å²) in [5.41, 5.74) is 7.64. The lowest BCUT2D eigenvalue weighted by Gasteiger charge is -2.38. The Bertz CT molecular complexity index is 461. The predicted molar refractivity (Wildman–Crippen MR) is 75.0 cm³/mol. The minimum Gasteiger partial charge on any atom is -0.399 e. The van der Waals surface area contributed by atoms with Crippen molar-refractivity contribution in [2.45, 2.75) is 25.2 Å². The van der Waals surface area contributed by atoms with Crippen molar-refractivity contribution < 1.29 is 9.47 Å². The van der Waals surface area contributed by atoms with Crippen LogP contribution in [0.2, 0.25) is 5.02 Å². The highest BCUT2D eigenvalue weighted by atomic mass is 35.5. The first kappa shape index (κ1) is 13.2. The largest absolute Gasteiger partial charge is 0.399 e. The van der Waals surface area contributed by atoms with E-state index in [0.717, 1.165) is 48.7 Å². The van der Waals surface area contributed by atoms with E-state index in [1.165, 1.54) is 0 Å². The number of halogens is 1. The van der Waals surface area contributed by atoms with Gasteiger partial charge in [0.15, 0.2) is 5.79 Å². The van der Waals surface area contributed by atoms with Gasteiger partial charge in [-0.15, -0.1) is 0 Å². The second-order valence-corrected chi connectivity index (χ2v) is 5.68. The van der Waals surface area contributed by atoms with E-state index in [2.05, 4.69) is 4.90 Å². The number of likely N-dealkylation sites (tertiary alicyclic amines) is 1. The van der Waals surface area contributed by atoms with E-state index >= 15 is 0 Å². The van der Waals surface area contributed by atoms with Crippen LogP contribution < -0.4 is 5.73 Å². The fourth-order valence-electron chi connectivity index (χ4n) is 2.90. The molecule has 2 N–H and O–H groups in total. The number of nitrogens with two attached hydrogens (primary N) is 1. The molecular formula is C14H19ClN2O2. The minimum atomic E-state index is -0.384. The van der Waals surface area contributed by atoms with Crippen molar-refractivity contribution in [2.75, 3.05) is 32.0 Å². The van der Waals surface area contributed by atoms with Crippen LogP contribution in [0.25, 0.3) is 0 Å². The maximum atomic E-state index is 6.22. The topological polar surface area (TPSA) is 47.7 Å². The number of rotatable bonds is 2. The molecule has 2 heterocycles. The van der Waals surface area contributed by atoms with Crippen molar-refractivity contribution in [3.63, 3.8) is 0 Å². The molecule has 0 amide bonds. The van der Waals surface area contributed by atoms with Crippen LogP contribution in [-0.2, 0) is 16.0 Å². The third-order valence-electron chi connectivity index (χ3n) is 3.77. The molecule has 0 bridgehead atoms. The Morgan fingerprint density at radius 1 is 1.32 bits per heavy atom. The van der Waals surface area contributed by atoms with Crippen molar-refractivity contribution in [1.29, 1.82) is 0 Å². The number of benzene rings is 1. The molecule has 19 heavy (non-hydrogen) atoms. The third-order valence-corrected chi connectivity index (χ3v) is 4.14. The zero-order chi connectivity index (χ0) is 13.3. The molecule has 1 aromatic carbocycles. The van der Waals surface area contributed by atoms with Gasteiger partial charge < -0.3 is 15.2 Å². The molecule has 2 fully saturated rings. The zero-order valence-corrected chi connectivity index (χ0v) is 11.7. The molecule has 1 aromatic rings. The third kappa shape index (κ3) is 2.87. The lowest BCUT2D eigenvalue weighted by atomic mass is 10.0. The van der Waals surface area contributed by atoms with Gasteiger partial charge in [0, 0.05) is 23.7 Å². The van der Waals surface area contributed by atoms with Gasteiger partial charge in [-0.1, -0.05) is 11.6 Å². The van der Waals surface area contributed by atoms with Gasteiger partial charge >= 0.3 is 0 Å². The van der Waals surface area contributed by atoms with Gasteiger partial charge in [-0.25, -0.2) is 0 Å². The Morgan fingerprint density at radius 2 is 2.11 bits per heavy atom. The molecule has 0 unspecified atom stereocenters. The zero-order valence-electron chi connectivity index (χ0n) is 10.9. The lowest BCUT2D eigenvalue weighted by Crippen LogP contribution is -2.48. The van der Waals surface area contributed by atoms with Crippen LogP contribution in [0.1, 0.15) is 18.4 Å². The van der Waals surface area contributed by atoms with Crippen LogP contribution in [0.4, 0.5) is 5.69 Å². The summed E-state index contributed by atoms with van der Waals surface area (Å²) in [5, 5.41) is 0.766. The Hall–Kier alpha value is -0.810. The Kier molecular flexibility index (Phi) is 3.67. The lowest BCUT2D eigenvalue weighted by molar-refractivity contribution is -0.190. The highest BCUT2D eigenvalue weighted by molar-refractivity contribution is 6.31. The highest BCUT2D eigenvalue weighted by Crippen LogP contribution is 2.31. The van der Waals surface area contributed by atoms with E-state index in [9.17, 15) is 0 Å². The maximum absolute atomic E-state index is 6.22. The van der Waals surface area contributed by atoms with E-state index < -0.39 is 0 Å². The molecule has 0 saturated carbocycles. The summed E-state index contributed by atoms with van der Waals surface area (Å²) in [4.78, 5) is 2.33. The fourth-order valence-corrected chi connectivity index (χ4v) is 3.07. The number of hydrogen-bond acceptors (Lipinski definition) is 4. The van der Waals surface area contributed by atoms with Crippen LogP contribution in [0.3, 0.4) is 0 Å². The van der Waals surface area contributed by atoms with Gasteiger partial charge in [0.2, 0.25) is 0 Å². The summed E-state index contributed by atoms with van der Waals surface area (Å²) >= 11 is 6.22. The number of piperidine rings is 1. The monoisotopic (exact) mass is 282 g/mol. The number of nitrogen functional groups attached to an aromatic ring is 1. The SMILES string of the molecule is Nc1ccc(Cl)c(CN2CCCC3(C2)OCCO3)c1. The quantitative estimate of drug-likeness (QED) is 0.846. The molecule has 4 nitrogen and oxygen atoms in total. The van der Waals surface area contributed by atoms with Crippen LogP contribution in [0.5, 0.6) is 0 Å². The normalized spacial score (nSPS) is 23.0. The summed E-state index contributed by atoms with van der Waals surface area (Å²) in [6.07, 6.45) is 2.06. The van der Waals surface area contributed by atoms with Crippen LogP contribution in [0, 0.1) is 0 Å². The molecule has 0 radical (unpaired) electrons. The Morgan fingerprint density at radius 3 is 2.89 bits per heavy atom. The van der Waals surface area contributed by atoms with E-state index in [4.69, 9.17) is 26.8 Å². The van der Waals surface area contributed by atoms with Gasteiger partial charge in [-0.3, -0.25) is 4.90 Å². The van der Waals surface area contributed by atoms with Crippen molar-refractivity contribution in [2.24, 2.45) is 0 Å². The highest BCUT2D eigenvalue weighted by Gasteiger charge is 2.40. The van der Waals surface area contributed by atoms with Gasteiger partial charge in [0.1, 0.15) is 0 Å². The summed E-state index contributed by atoms with van der Waals surface area (Å²) in [6, 6.07) is 5.63. The van der Waals surface area contributed by atoms with Crippen molar-refractivity contribution >= 4 is 17.3 Å². The van der Waals surface area contributed by atoms with E-state index in [0.29, 0.717) is 13.2 Å². The summed E-state index contributed by atoms with van der Waals surface area (Å²) in [6.45, 7) is 4.04. The van der Waals surface area contributed by atoms with Gasteiger partial charge in [-0.05, 0) is 36.7 Å². The molecule has 5 heteroatoms. The number of anilines is 1. The van der Waals surface area contributed by atoms with E-state index in [1.54, 1.807) is 0 Å². The molecule has 1 spiro atoms. The van der Waals surface area contributed by atoms with Crippen LogP contribution in [0.15, 0.2) is 18.2 Å². The molecule has 2 aliphatic heterocycles. The van der Waals surface area contributed by atoms with Crippen molar-refractivity contribution in [3.8, 4) is 0 Å². The molecule has 2 aliphatic rings. The van der Waals surface area contributed by atoms with Gasteiger partial charge in [0.05, 0.1) is 19.8 Å². The summed E-state index contributed by atoms with van der Waals surface area (Å²) in [7, 11) is 0. The Balaban J connectivity index is 1.70. The second-order valence-electron chi connectivity index (χ2n) is 5.27. The summed E-state index contributed by atoms with van der Waals surface area (Å²) in [5.74, 6) is -0.384. The number of nitrogens with zero attached hydrogens (tertiary/aromatic N) is 1. The minimum absolute atomic E-state index is 0.384. The average molecular weight is 283 g/mol. The van der Waals surface area contributed by atoms with Crippen LogP contribution >= 0.6 is 11.6 Å². The van der Waals surface area contributed by atoms with Crippen LogP contribution in [-0.4, -0.2) is 37.0 Å². The van der Waals surface area contributed by atoms with E-state index in [1.807, 2.05) is 18.2 Å². The average Bonchev–Trinajstić information content (AvgIpc) is 2.82. The standard InChI is InChI=1S/C14H19ClN2O2/c15-13-3-2-12(16)8-11(13)9-17-5-1-4-14(10-17)18-6-7-19-14/h2-3,8H,1,4-7,9-10,16H2. The molecular weight excluding hydrogens is 264 g/mol. The molecule has 0 aliphatic carbocycles. The smallest absolute Gasteiger partial charge is 0.181 e. The first-order valence-electron chi connectivity index (χ1n) is 6.71. The number of ether oxygens (including phenoxy) is 2. The molecule has 3 rings (SSSR count).